The van der Waals surface area contributed by atoms with Crippen molar-refractivity contribution >= 4 is 23.2 Å². The second-order valence-corrected chi connectivity index (χ2v) is 4.61. The highest BCUT2D eigenvalue weighted by Crippen LogP contribution is 2.34. The fraction of sp³-hybridized carbons (Fsp3) is 0.364. The summed E-state index contributed by atoms with van der Waals surface area (Å²) in [5, 5.41) is 11.4. The van der Waals surface area contributed by atoms with E-state index in [2.05, 4.69) is 20.6 Å². The van der Waals surface area contributed by atoms with Gasteiger partial charge in [-0.1, -0.05) is 11.6 Å². The highest BCUT2D eigenvalue weighted by molar-refractivity contribution is 6.34. The molecule has 0 saturated heterocycles. The molecule has 0 aromatic carbocycles. The summed E-state index contributed by atoms with van der Waals surface area (Å²) in [6, 6.07) is 0. The Morgan fingerprint density at radius 2 is 2.19 bits per heavy atom. The molecule has 0 radical (unpaired) electrons. The van der Waals surface area contributed by atoms with Crippen molar-refractivity contribution in [2.24, 2.45) is 0 Å². The van der Waals surface area contributed by atoms with Gasteiger partial charge in [0.25, 0.3) is 5.91 Å². The Balaban J connectivity index is 2.32. The highest BCUT2D eigenvalue weighted by Gasteiger charge is 2.38. The standard InChI is InChI=1S/C11H11ClF3N5O/c1-3-20-4-6(12)8(19-20)10(21)16-7-5(2)17-18-9(7)11(13,14)15/h4H,3H2,1-2H3,(H,16,21)(H,17,18). The van der Waals surface area contributed by atoms with E-state index in [1.165, 1.54) is 17.8 Å². The third-order valence-corrected chi connectivity index (χ3v) is 2.99. The molecule has 6 nitrogen and oxygen atoms in total. The molecule has 0 aliphatic heterocycles. The molecule has 0 fully saturated rings. The fourth-order valence-electron chi connectivity index (χ4n) is 1.67. The Kier molecular flexibility index (Phi) is 3.95. The van der Waals surface area contributed by atoms with Gasteiger partial charge >= 0.3 is 6.18 Å². The van der Waals surface area contributed by atoms with E-state index in [4.69, 9.17) is 11.6 Å². The average Bonchev–Trinajstić information content (AvgIpc) is 2.93. The first kappa shape index (κ1) is 15.4. The second-order valence-electron chi connectivity index (χ2n) is 4.21. The zero-order valence-corrected chi connectivity index (χ0v) is 11.8. The van der Waals surface area contributed by atoms with Crippen LogP contribution in [0.1, 0.15) is 28.8 Å². The molecule has 0 atom stereocenters. The Hall–Kier alpha value is -2.03. The number of aromatic nitrogens is 4. The van der Waals surface area contributed by atoms with Gasteiger partial charge in [-0.15, -0.1) is 0 Å². The number of nitrogens with one attached hydrogen (secondary N) is 2. The van der Waals surface area contributed by atoms with E-state index in [1.54, 1.807) is 6.92 Å². The fourth-order valence-corrected chi connectivity index (χ4v) is 1.91. The van der Waals surface area contributed by atoms with Crippen LogP contribution in [0.4, 0.5) is 18.9 Å². The van der Waals surface area contributed by atoms with E-state index in [0.717, 1.165) is 0 Å². The van der Waals surface area contributed by atoms with Crippen LogP contribution in [0.2, 0.25) is 5.02 Å². The molecule has 0 bridgehead atoms. The smallest absolute Gasteiger partial charge is 0.317 e. The molecule has 2 rings (SSSR count). The van der Waals surface area contributed by atoms with Gasteiger partial charge in [-0.2, -0.15) is 23.4 Å². The maximum atomic E-state index is 12.8. The molecule has 21 heavy (non-hydrogen) atoms. The van der Waals surface area contributed by atoms with Crippen LogP contribution in [-0.4, -0.2) is 25.9 Å². The summed E-state index contributed by atoms with van der Waals surface area (Å²) in [6.45, 7) is 3.63. The van der Waals surface area contributed by atoms with Crippen molar-refractivity contribution < 1.29 is 18.0 Å². The van der Waals surface area contributed by atoms with Crippen molar-refractivity contribution in [3.05, 3.63) is 28.3 Å². The molecule has 114 valence electrons. The lowest BCUT2D eigenvalue weighted by atomic mass is 10.2. The number of aryl methyl sites for hydroxylation is 2. The molecule has 0 aliphatic carbocycles. The summed E-state index contributed by atoms with van der Waals surface area (Å²) in [7, 11) is 0. The number of carbonyl (C=O) groups excluding carboxylic acids is 1. The third kappa shape index (κ3) is 3.02. The number of hydrogen-bond donors (Lipinski definition) is 2. The summed E-state index contributed by atoms with van der Waals surface area (Å²) in [6.07, 6.45) is -3.26. The second kappa shape index (κ2) is 5.40. The lowest BCUT2D eigenvalue weighted by molar-refractivity contribution is -0.140. The van der Waals surface area contributed by atoms with E-state index in [1.807, 2.05) is 0 Å². The molecule has 0 aliphatic rings. The molecule has 2 N–H and O–H groups in total. The average molecular weight is 322 g/mol. The highest BCUT2D eigenvalue weighted by atomic mass is 35.5. The van der Waals surface area contributed by atoms with Crippen LogP contribution in [0.3, 0.4) is 0 Å². The minimum Gasteiger partial charge on any atom is -0.317 e. The van der Waals surface area contributed by atoms with Crippen molar-refractivity contribution in [2.45, 2.75) is 26.6 Å². The Labute approximate surface area is 122 Å². The van der Waals surface area contributed by atoms with Crippen molar-refractivity contribution in [3.8, 4) is 0 Å². The molecule has 2 aromatic heterocycles. The largest absolute Gasteiger partial charge is 0.437 e. The van der Waals surface area contributed by atoms with Gasteiger partial charge in [-0.25, -0.2) is 0 Å². The number of rotatable bonds is 3. The predicted molar refractivity (Wildman–Crippen MR) is 69.2 cm³/mol. The lowest BCUT2D eigenvalue weighted by Crippen LogP contribution is -2.17. The maximum Gasteiger partial charge on any atom is 0.437 e. The van der Waals surface area contributed by atoms with Crippen LogP contribution in [-0.2, 0) is 12.7 Å². The van der Waals surface area contributed by atoms with E-state index >= 15 is 0 Å². The molecule has 0 spiro atoms. The summed E-state index contributed by atoms with van der Waals surface area (Å²) < 4.78 is 39.7. The van der Waals surface area contributed by atoms with Crippen LogP contribution in [0, 0.1) is 6.92 Å². The molecule has 2 heterocycles. The van der Waals surface area contributed by atoms with Gasteiger partial charge in [0.15, 0.2) is 11.4 Å². The zero-order chi connectivity index (χ0) is 15.8. The van der Waals surface area contributed by atoms with Gasteiger partial charge in [-0.05, 0) is 13.8 Å². The van der Waals surface area contributed by atoms with Crippen molar-refractivity contribution in [1.82, 2.24) is 20.0 Å². The van der Waals surface area contributed by atoms with Gasteiger partial charge in [0, 0.05) is 12.7 Å². The maximum absolute atomic E-state index is 12.8. The van der Waals surface area contributed by atoms with Gasteiger partial charge in [0.1, 0.15) is 0 Å². The minimum atomic E-state index is -4.68. The number of aromatic amines is 1. The quantitative estimate of drug-likeness (QED) is 0.912. The van der Waals surface area contributed by atoms with E-state index < -0.39 is 23.5 Å². The van der Waals surface area contributed by atoms with Gasteiger partial charge in [-0.3, -0.25) is 14.6 Å². The minimum absolute atomic E-state index is 0.0593. The first-order chi connectivity index (χ1) is 9.74. The van der Waals surface area contributed by atoms with Gasteiger partial charge in [0.05, 0.1) is 16.4 Å². The summed E-state index contributed by atoms with van der Waals surface area (Å²) in [5.74, 6) is -0.831. The number of amides is 1. The van der Waals surface area contributed by atoms with Crippen LogP contribution < -0.4 is 5.32 Å². The number of nitrogens with zero attached hydrogens (tertiary/aromatic N) is 3. The van der Waals surface area contributed by atoms with Gasteiger partial charge in [0.2, 0.25) is 0 Å². The van der Waals surface area contributed by atoms with Crippen LogP contribution in [0.15, 0.2) is 6.20 Å². The third-order valence-electron chi connectivity index (χ3n) is 2.71. The predicted octanol–water partition coefficient (Wildman–Crippen LogP) is 2.86. The lowest BCUT2D eigenvalue weighted by Gasteiger charge is -2.08. The Morgan fingerprint density at radius 1 is 1.52 bits per heavy atom. The number of carbonyl (C=O) groups is 1. The molecule has 1 amide bonds. The summed E-state index contributed by atoms with van der Waals surface area (Å²) in [4.78, 5) is 12.0. The van der Waals surface area contributed by atoms with Crippen LogP contribution >= 0.6 is 11.6 Å². The number of halogens is 4. The molecule has 0 saturated carbocycles. The molecule has 0 unspecified atom stereocenters. The monoisotopic (exact) mass is 321 g/mol. The van der Waals surface area contributed by atoms with Crippen LogP contribution in [0.5, 0.6) is 0 Å². The van der Waals surface area contributed by atoms with E-state index in [0.29, 0.717) is 6.54 Å². The van der Waals surface area contributed by atoms with Crippen molar-refractivity contribution in [3.63, 3.8) is 0 Å². The van der Waals surface area contributed by atoms with E-state index in [9.17, 15) is 18.0 Å². The van der Waals surface area contributed by atoms with Crippen molar-refractivity contribution in [1.29, 1.82) is 0 Å². The zero-order valence-electron chi connectivity index (χ0n) is 11.0. The van der Waals surface area contributed by atoms with Crippen molar-refractivity contribution in [2.75, 3.05) is 5.32 Å². The van der Waals surface area contributed by atoms with Gasteiger partial charge < -0.3 is 5.32 Å². The number of hydrogen-bond acceptors (Lipinski definition) is 3. The topological polar surface area (TPSA) is 75.6 Å². The normalized spacial score (nSPS) is 11.7. The van der Waals surface area contributed by atoms with E-state index in [-0.39, 0.29) is 16.4 Å². The number of H-pyrrole nitrogens is 1. The molecule has 10 heteroatoms. The SMILES string of the molecule is CCn1cc(Cl)c(C(=O)Nc2c(C(F)(F)F)n[nH]c2C)n1. The number of anilines is 1. The molecule has 2 aromatic rings. The molecular formula is C11H11ClF3N5O. The Morgan fingerprint density at radius 3 is 2.71 bits per heavy atom. The molecular weight excluding hydrogens is 311 g/mol. The first-order valence-corrected chi connectivity index (χ1v) is 6.28. The van der Waals surface area contributed by atoms with Crippen LogP contribution in [0.25, 0.3) is 0 Å². The summed E-state index contributed by atoms with van der Waals surface area (Å²) >= 11 is 5.84. The number of alkyl halides is 3. The Bertz CT molecular complexity index is 676. The first-order valence-electron chi connectivity index (χ1n) is 5.90. The summed E-state index contributed by atoms with van der Waals surface area (Å²) in [5.41, 5.74) is -1.69.